The Kier molecular flexibility index (Phi) is 5.22. The number of aromatic nitrogens is 1. The minimum Gasteiger partial charge on any atom is -0.390 e. The number of aliphatic hydroxyl groups is 1. The van der Waals surface area contributed by atoms with E-state index in [4.69, 9.17) is 0 Å². The number of nitrogens with one attached hydrogen (secondary N) is 2. The monoisotopic (exact) mass is 332 g/mol. The Morgan fingerprint density at radius 3 is 3.00 bits per heavy atom. The van der Waals surface area contributed by atoms with Gasteiger partial charge in [-0.05, 0) is 17.5 Å². The molecule has 0 spiro atoms. The van der Waals surface area contributed by atoms with Crippen molar-refractivity contribution in [1.82, 2.24) is 15.2 Å². The number of amides is 2. The number of fused-ring (bicyclic) bond motifs is 1. The Bertz CT molecular complexity index is 647. The van der Waals surface area contributed by atoms with Gasteiger partial charge in [-0.2, -0.15) is 0 Å². The first-order valence-corrected chi connectivity index (χ1v) is 8.50. The van der Waals surface area contributed by atoms with E-state index in [0.29, 0.717) is 11.7 Å². The van der Waals surface area contributed by atoms with Crippen molar-refractivity contribution in [3.05, 3.63) is 47.0 Å². The van der Waals surface area contributed by atoms with Gasteiger partial charge in [-0.3, -0.25) is 10.2 Å². The van der Waals surface area contributed by atoms with Crippen molar-refractivity contribution in [1.29, 1.82) is 0 Å². The zero-order valence-electron chi connectivity index (χ0n) is 12.7. The number of hydrogen-bond donors (Lipinski definition) is 3. The third-order valence-electron chi connectivity index (χ3n) is 3.83. The molecule has 7 heteroatoms. The molecule has 0 saturated heterocycles. The molecule has 0 bridgehead atoms. The molecule has 3 N–H and O–H groups in total. The van der Waals surface area contributed by atoms with Gasteiger partial charge in [0.15, 0.2) is 5.13 Å². The van der Waals surface area contributed by atoms with Crippen molar-refractivity contribution in [3.8, 4) is 0 Å². The molecule has 6 nitrogen and oxygen atoms in total. The van der Waals surface area contributed by atoms with Gasteiger partial charge >= 0.3 is 6.03 Å². The summed E-state index contributed by atoms with van der Waals surface area (Å²) in [6, 6.07) is 8.06. The van der Waals surface area contributed by atoms with E-state index in [1.54, 1.807) is 11.6 Å². The van der Waals surface area contributed by atoms with Gasteiger partial charge < -0.3 is 10.4 Å². The maximum absolute atomic E-state index is 11.7. The average Bonchev–Trinajstić information content (AvgIpc) is 3.06. The van der Waals surface area contributed by atoms with Crippen LogP contribution < -0.4 is 10.6 Å². The van der Waals surface area contributed by atoms with E-state index in [0.717, 1.165) is 19.5 Å². The van der Waals surface area contributed by atoms with E-state index in [2.05, 4.69) is 38.7 Å². The summed E-state index contributed by atoms with van der Waals surface area (Å²) in [5.41, 5.74) is 2.71. The number of carbonyl (C=O) groups excluding carboxylic acids is 1. The molecule has 1 atom stereocenters. The van der Waals surface area contributed by atoms with Gasteiger partial charge in [0.05, 0.1) is 6.10 Å². The SMILES string of the molecule is O=C(NC[C@@H](O)CN1CCc2ccccc2C1)Nc1nccs1. The van der Waals surface area contributed by atoms with Crippen molar-refractivity contribution < 1.29 is 9.90 Å². The number of thiazole rings is 1. The number of anilines is 1. The maximum Gasteiger partial charge on any atom is 0.321 e. The average molecular weight is 332 g/mol. The fourth-order valence-corrected chi connectivity index (χ4v) is 3.23. The van der Waals surface area contributed by atoms with E-state index >= 15 is 0 Å². The molecule has 0 unspecified atom stereocenters. The zero-order valence-corrected chi connectivity index (χ0v) is 13.6. The minimum absolute atomic E-state index is 0.218. The van der Waals surface area contributed by atoms with Crippen LogP contribution in [0.3, 0.4) is 0 Å². The second-order valence-corrected chi connectivity index (χ2v) is 6.47. The second-order valence-electron chi connectivity index (χ2n) is 5.58. The fourth-order valence-electron chi connectivity index (χ4n) is 2.71. The number of aliphatic hydroxyl groups excluding tert-OH is 1. The Balaban J connectivity index is 1.41. The standard InChI is InChI=1S/C16H20N4O2S/c21-14(9-18-15(22)19-16-17-6-8-23-16)11-20-7-5-12-3-1-2-4-13(12)10-20/h1-4,6,8,14,21H,5,7,9-11H2,(H2,17,18,19,22)/t14-/m1/s1. The van der Waals surface area contributed by atoms with Crippen LogP contribution in [0.25, 0.3) is 0 Å². The summed E-state index contributed by atoms with van der Waals surface area (Å²) in [6.45, 7) is 2.54. The Hall–Kier alpha value is -1.96. The zero-order chi connectivity index (χ0) is 16.1. The maximum atomic E-state index is 11.7. The summed E-state index contributed by atoms with van der Waals surface area (Å²) in [6.07, 6.45) is 2.03. The number of benzene rings is 1. The number of carbonyl (C=O) groups is 1. The van der Waals surface area contributed by atoms with Gasteiger partial charge in [-0.15, -0.1) is 11.3 Å². The van der Waals surface area contributed by atoms with Crippen molar-refractivity contribution in [3.63, 3.8) is 0 Å². The summed E-state index contributed by atoms with van der Waals surface area (Å²) in [7, 11) is 0. The van der Waals surface area contributed by atoms with Crippen LogP contribution in [-0.2, 0) is 13.0 Å². The number of hydrogen-bond acceptors (Lipinski definition) is 5. The van der Waals surface area contributed by atoms with E-state index in [-0.39, 0.29) is 12.6 Å². The Morgan fingerprint density at radius 2 is 2.22 bits per heavy atom. The van der Waals surface area contributed by atoms with Crippen LogP contribution in [0.1, 0.15) is 11.1 Å². The molecule has 122 valence electrons. The number of rotatable bonds is 5. The first kappa shape index (κ1) is 15.9. The van der Waals surface area contributed by atoms with Crippen molar-refractivity contribution in [2.45, 2.75) is 19.1 Å². The minimum atomic E-state index is -0.595. The molecule has 2 heterocycles. The van der Waals surface area contributed by atoms with Gasteiger partial charge in [0.25, 0.3) is 0 Å². The topological polar surface area (TPSA) is 77.5 Å². The lowest BCUT2D eigenvalue weighted by atomic mass is 10.00. The highest BCUT2D eigenvalue weighted by molar-refractivity contribution is 7.13. The quantitative estimate of drug-likeness (QED) is 0.778. The second kappa shape index (κ2) is 7.54. The largest absolute Gasteiger partial charge is 0.390 e. The van der Waals surface area contributed by atoms with E-state index in [9.17, 15) is 9.90 Å². The van der Waals surface area contributed by atoms with Gasteiger partial charge in [-0.1, -0.05) is 24.3 Å². The lowest BCUT2D eigenvalue weighted by molar-refractivity contribution is 0.106. The smallest absolute Gasteiger partial charge is 0.321 e. The fraction of sp³-hybridized carbons (Fsp3) is 0.375. The number of urea groups is 1. The first-order valence-electron chi connectivity index (χ1n) is 7.62. The van der Waals surface area contributed by atoms with Crippen molar-refractivity contribution in [2.24, 2.45) is 0 Å². The van der Waals surface area contributed by atoms with Crippen LogP contribution in [0.4, 0.5) is 9.93 Å². The summed E-state index contributed by atoms with van der Waals surface area (Å²) in [4.78, 5) is 17.9. The summed E-state index contributed by atoms with van der Waals surface area (Å²) >= 11 is 1.35. The van der Waals surface area contributed by atoms with E-state index in [1.807, 2.05) is 6.07 Å². The van der Waals surface area contributed by atoms with Crippen LogP contribution in [0, 0.1) is 0 Å². The molecule has 1 aliphatic heterocycles. The van der Waals surface area contributed by atoms with E-state index < -0.39 is 6.10 Å². The molecule has 1 aromatic carbocycles. The Labute approximate surface area is 139 Å². The van der Waals surface area contributed by atoms with Gasteiger partial charge in [0.2, 0.25) is 0 Å². The van der Waals surface area contributed by atoms with Crippen molar-refractivity contribution >= 4 is 22.5 Å². The lowest BCUT2D eigenvalue weighted by Gasteiger charge is -2.30. The molecule has 0 radical (unpaired) electrons. The molecule has 0 aliphatic carbocycles. The summed E-state index contributed by atoms with van der Waals surface area (Å²) in [5.74, 6) is 0. The third kappa shape index (κ3) is 4.51. The molecule has 1 aliphatic rings. The van der Waals surface area contributed by atoms with Crippen LogP contribution in [0.2, 0.25) is 0 Å². The third-order valence-corrected chi connectivity index (χ3v) is 4.52. The number of β-amino-alcohol motifs (C(OH)–C–C–N with tert-alkyl or cyclic N) is 1. The van der Waals surface area contributed by atoms with Crippen LogP contribution in [0.15, 0.2) is 35.8 Å². The van der Waals surface area contributed by atoms with E-state index in [1.165, 1.54) is 22.5 Å². The summed E-state index contributed by atoms with van der Waals surface area (Å²) < 4.78 is 0. The van der Waals surface area contributed by atoms with Crippen LogP contribution in [-0.4, -0.2) is 46.8 Å². The molecular formula is C16H20N4O2S. The Morgan fingerprint density at radius 1 is 1.39 bits per heavy atom. The molecule has 3 rings (SSSR count). The first-order chi connectivity index (χ1) is 11.2. The molecule has 1 aromatic heterocycles. The van der Waals surface area contributed by atoms with Crippen LogP contribution in [0.5, 0.6) is 0 Å². The molecule has 23 heavy (non-hydrogen) atoms. The van der Waals surface area contributed by atoms with Gasteiger partial charge in [0, 0.05) is 37.8 Å². The predicted octanol–water partition coefficient (Wildman–Crippen LogP) is 1.68. The highest BCUT2D eigenvalue weighted by Crippen LogP contribution is 2.18. The molecule has 2 amide bonds. The highest BCUT2D eigenvalue weighted by Gasteiger charge is 2.18. The molecule has 0 fully saturated rings. The molecule has 0 saturated carbocycles. The molecule has 2 aromatic rings. The number of nitrogens with zero attached hydrogens (tertiary/aromatic N) is 2. The summed E-state index contributed by atoms with van der Waals surface area (Å²) in [5, 5.41) is 17.8. The van der Waals surface area contributed by atoms with Crippen LogP contribution >= 0.6 is 11.3 Å². The lowest BCUT2D eigenvalue weighted by Crippen LogP contribution is -2.42. The van der Waals surface area contributed by atoms with Crippen molar-refractivity contribution in [2.75, 3.05) is 25.0 Å². The van der Waals surface area contributed by atoms with Gasteiger partial charge in [-0.25, -0.2) is 9.78 Å². The molecular weight excluding hydrogens is 312 g/mol. The predicted molar refractivity (Wildman–Crippen MR) is 90.6 cm³/mol. The highest BCUT2D eigenvalue weighted by atomic mass is 32.1. The normalized spacial score (nSPS) is 15.7. The van der Waals surface area contributed by atoms with Gasteiger partial charge in [0.1, 0.15) is 0 Å².